The molecule has 0 saturated carbocycles. The molecule has 0 aromatic heterocycles. The van der Waals surface area contributed by atoms with Gasteiger partial charge in [-0.1, -0.05) is 31.2 Å². The van der Waals surface area contributed by atoms with Crippen LogP contribution < -0.4 is 10.6 Å². The summed E-state index contributed by atoms with van der Waals surface area (Å²) < 4.78 is 5.32. The maximum atomic E-state index is 12.8. The third kappa shape index (κ3) is 4.84. The zero-order chi connectivity index (χ0) is 19.2. The summed E-state index contributed by atoms with van der Waals surface area (Å²) in [5, 5.41) is 5.75. The second kappa shape index (κ2) is 9.28. The third-order valence-corrected chi connectivity index (χ3v) is 5.80. The fraction of sp³-hybridized carbons (Fsp3) is 0.500. The SMILES string of the molecule is CCOC(=O)C1=C(CN2CCSCC2)NC(=O)N[C@@H]1c1ccc(CC)cc1. The van der Waals surface area contributed by atoms with Crippen LogP contribution in [0.5, 0.6) is 0 Å². The molecule has 1 saturated heterocycles. The van der Waals surface area contributed by atoms with E-state index in [2.05, 4.69) is 22.5 Å². The van der Waals surface area contributed by atoms with Gasteiger partial charge in [0, 0.05) is 36.8 Å². The summed E-state index contributed by atoms with van der Waals surface area (Å²) in [7, 11) is 0. The molecular weight excluding hydrogens is 362 g/mol. The number of nitrogens with zero attached hydrogens (tertiary/aromatic N) is 1. The number of aryl methyl sites for hydroxylation is 1. The van der Waals surface area contributed by atoms with Crippen molar-refractivity contribution in [3.05, 3.63) is 46.7 Å². The number of carbonyl (C=O) groups is 2. The number of amides is 2. The lowest BCUT2D eigenvalue weighted by molar-refractivity contribution is -0.139. The topological polar surface area (TPSA) is 70.7 Å². The Morgan fingerprint density at radius 3 is 2.56 bits per heavy atom. The molecule has 0 aliphatic carbocycles. The Bertz CT molecular complexity index is 712. The summed E-state index contributed by atoms with van der Waals surface area (Å²) in [5.74, 6) is 1.75. The van der Waals surface area contributed by atoms with E-state index in [1.54, 1.807) is 6.92 Å². The van der Waals surface area contributed by atoms with Crippen LogP contribution in [0.4, 0.5) is 4.79 Å². The van der Waals surface area contributed by atoms with Gasteiger partial charge >= 0.3 is 12.0 Å². The Balaban J connectivity index is 1.95. The molecule has 1 aromatic carbocycles. The first-order valence-corrected chi connectivity index (χ1v) is 10.6. The van der Waals surface area contributed by atoms with Crippen molar-refractivity contribution in [1.29, 1.82) is 0 Å². The van der Waals surface area contributed by atoms with Crippen LogP contribution in [0.2, 0.25) is 0 Å². The first kappa shape index (κ1) is 19.8. The zero-order valence-corrected chi connectivity index (χ0v) is 16.7. The first-order chi connectivity index (χ1) is 13.1. The fourth-order valence-corrected chi connectivity index (χ4v) is 4.35. The number of hydrogen-bond acceptors (Lipinski definition) is 5. The average Bonchev–Trinajstić information content (AvgIpc) is 2.68. The Morgan fingerprint density at radius 1 is 1.22 bits per heavy atom. The molecule has 6 nitrogen and oxygen atoms in total. The molecule has 2 heterocycles. The summed E-state index contributed by atoms with van der Waals surface area (Å²) in [4.78, 5) is 27.4. The number of urea groups is 1. The van der Waals surface area contributed by atoms with E-state index >= 15 is 0 Å². The van der Waals surface area contributed by atoms with Gasteiger partial charge in [-0.05, 0) is 24.5 Å². The Morgan fingerprint density at radius 2 is 1.93 bits per heavy atom. The number of nitrogens with one attached hydrogen (secondary N) is 2. The van der Waals surface area contributed by atoms with Gasteiger partial charge in [0.25, 0.3) is 0 Å². The average molecular weight is 390 g/mol. The summed E-state index contributed by atoms with van der Waals surface area (Å²) in [6, 6.07) is 7.24. The number of rotatable bonds is 6. The van der Waals surface area contributed by atoms with Gasteiger partial charge in [-0.25, -0.2) is 9.59 Å². The summed E-state index contributed by atoms with van der Waals surface area (Å²) in [5.41, 5.74) is 3.25. The second-order valence-corrected chi connectivity index (χ2v) is 7.85. The molecule has 1 atom stereocenters. The molecule has 2 amide bonds. The van der Waals surface area contributed by atoms with Gasteiger partial charge in [-0.15, -0.1) is 0 Å². The van der Waals surface area contributed by atoms with E-state index in [0.717, 1.165) is 36.6 Å². The van der Waals surface area contributed by atoms with E-state index in [0.29, 0.717) is 24.4 Å². The molecule has 0 unspecified atom stereocenters. The van der Waals surface area contributed by atoms with Gasteiger partial charge in [0.15, 0.2) is 0 Å². The molecular formula is C20H27N3O3S. The summed E-state index contributed by atoms with van der Waals surface area (Å²) >= 11 is 1.93. The van der Waals surface area contributed by atoms with Crippen LogP contribution in [0.3, 0.4) is 0 Å². The van der Waals surface area contributed by atoms with E-state index in [1.807, 2.05) is 36.0 Å². The van der Waals surface area contributed by atoms with E-state index in [-0.39, 0.29) is 12.0 Å². The maximum absolute atomic E-state index is 12.8. The number of carbonyl (C=O) groups excluding carboxylic acids is 2. The molecule has 0 radical (unpaired) electrons. The Hall–Kier alpha value is -1.99. The van der Waals surface area contributed by atoms with E-state index in [4.69, 9.17) is 4.74 Å². The minimum absolute atomic E-state index is 0.283. The lowest BCUT2D eigenvalue weighted by Crippen LogP contribution is -2.49. The first-order valence-electron chi connectivity index (χ1n) is 9.49. The van der Waals surface area contributed by atoms with Crippen molar-refractivity contribution >= 4 is 23.8 Å². The highest BCUT2D eigenvalue weighted by Gasteiger charge is 2.34. The van der Waals surface area contributed by atoms with Crippen molar-refractivity contribution in [1.82, 2.24) is 15.5 Å². The van der Waals surface area contributed by atoms with Crippen LogP contribution >= 0.6 is 11.8 Å². The maximum Gasteiger partial charge on any atom is 0.338 e. The lowest BCUT2D eigenvalue weighted by atomic mass is 9.94. The normalized spacial score (nSPS) is 20.8. The Labute approximate surface area is 164 Å². The standard InChI is InChI=1S/C20H27N3O3S/c1-3-14-5-7-15(8-6-14)18-17(19(24)26-4-2)16(21-20(25)22-18)13-23-9-11-27-12-10-23/h5-8,18H,3-4,9-13H2,1-2H3,(H2,21,22,25)/t18-/m1/s1. The van der Waals surface area contributed by atoms with Crippen LogP contribution in [0.25, 0.3) is 0 Å². The van der Waals surface area contributed by atoms with Gasteiger partial charge < -0.3 is 15.4 Å². The molecule has 1 fully saturated rings. The van der Waals surface area contributed by atoms with Crippen LogP contribution in [-0.2, 0) is 16.0 Å². The quantitative estimate of drug-likeness (QED) is 0.732. The van der Waals surface area contributed by atoms with Crippen molar-refractivity contribution < 1.29 is 14.3 Å². The molecule has 3 rings (SSSR count). The molecule has 0 bridgehead atoms. The smallest absolute Gasteiger partial charge is 0.338 e. The van der Waals surface area contributed by atoms with Crippen LogP contribution in [0, 0.1) is 0 Å². The molecule has 146 valence electrons. The molecule has 2 N–H and O–H groups in total. The van der Waals surface area contributed by atoms with Gasteiger partial charge in [-0.3, -0.25) is 4.90 Å². The Kier molecular flexibility index (Phi) is 6.79. The monoisotopic (exact) mass is 389 g/mol. The van der Waals surface area contributed by atoms with E-state index in [9.17, 15) is 9.59 Å². The van der Waals surface area contributed by atoms with E-state index in [1.165, 1.54) is 5.56 Å². The minimum atomic E-state index is -0.502. The molecule has 0 spiro atoms. The number of thioether (sulfide) groups is 1. The number of hydrogen-bond donors (Lipinski definition) is 2. The van der Waals surface area contributed by atoms with Crippen LogP contribution in [0.1, 0.15) is 31.0 Å². The predicted molar refractivity (Wildman–Crippen MR) is 108 cm³/mol. The van der Waals surface area contributed by atoms with Gasteiger partial charge in [0.2, 0.25) is 0 Å². The highest BCUT2D eigenvalue weighted by molar-refractivity contribution is 7.99. The number of ether oxygens (including phenoxy) is 1. The summed E-state index contributed by atoms with van der Waals surface area (Å²) in [6.45, 7) is 6.63. The van der Waals surface area contributed by atoms with Crippen molar-refractivity contribution in [2.24, 2.45) is 0 Å². The van der Waals surface area contributed by atoms with Gasteiger partial charge in [-0.2, -0.15) is 11.8 Å². The predicted octanol–water partition coefficient (Wildman–Crippen LogP) is 2.47. The molecule has 2 aliphatic rings. The van der Waals surface area contributed by atoms with Crippen LogP contribution in [-0.4, -0.2) is 54.6 Å². The number of esters is 1. The van der Waals surface area contributed by atoms with Gasteiger partial charge in [0.1, 0.15) is 0 Å². The van der Waals surface area contributed by atoms with Gasteiger partial charge in [0.05, 0.1) is 18.2 Å². The summed E-state index contributed by atoms with van der Waals surface area (Å²) in [6.07, 6.45) is 0.942. The molecule has 7 heteroatoms. The zero-order valence-electron chi connectivity index (χ0n) is 15.9. The third-order valence-electron chi connectivity index (χ3n) is 4.86. The highest BCUT2D eigenvalue weighted by Crippen LogP contribution is 2.29. The van der Waals surface area contributed by atoms with Crippen molar-refractivity contribution in [2.75, 3.05) is 37.7 Å². The molecule has 27 heavy (non-hydrogen) atoms. The van der Waals surface area contributed by atoms with Crippen molar-refractivity contribution in [3.63, 3.8) is 0 Å². The van der Waals surface area contributed by atoms with Crippen molar-refractivity contribution in [3.8, 4) is 0 Å². The molecule has 2 aliphatic heterocycles. The second-order valence-electron chi connectivity index (χ2n) is 6.63. The largest absolute Gasteiger partial charge is 0.463 e. The number of benzene rings is 1. The van der Waals surface area contributed by atoms with E-state index < -0.39 is 6.04 Å². The highest BCUT2D eigenvalue weighted by atomic mass is 32.2. The van der Waals surface area contributed by atoms with Crippen molar-refractivity contribution in [2.45, 2.75) is 26.3 Å². The fourth-order valence-electron chi connectivity index (χ4n) is 3.37. The lowest BCUT2D eigenvalue weighted by Gasteiger charge is -2.33. The minimum Gasteiger partial charge on any atom is -0.463 e. The molecule has 1 aromatic rings. The van der Waals surface area contributed by atoms with Crippen LogP contribution in [0.15, 0.2) is 35.5 Å².